The van der Waals surface area contributed by atoms with E-state index in [0.717, 1.165) is 17.6 Å². The molecule has 76 valence electrons. The van der Waals surface area contributed by atoms with Gasteiger partial charge in [0.2, 0.25) is 0 Å². The molecule has 4 heteroatoms. The largest absolute Gasteiger partial charge is 0.244 e. The molecule has 1 aromatic carbocycles. The zero-order valence-corrected chi connectivity index (χ0v) is 8.81. The number of nitriles is 1. The molecule has 15 heavy (non-hydrogen) atoms. The van der Waals surface area contributed by atoms with Gasteiger partial charge in [0.25, 0.3) is 0 Å². The minimum Gasteiger partial charge on any atom is -0.244 e. The van der Waals surface area contributed by atoms with Gasteiger partial charge in [-0.1, -0.05) is 19.1 Å². The lowest BCUT2D eigenvalue weighted by atomic mass is 10.2. The van der Waals surface area contributed by atoms with E-state index in [9.17, 15) is 0 Å². The molecule has 0 aliphatic heterocycles. The average Bonchev–Trinajstić information content (AvgIpc) is 2.60. The van der Waals surface area contributed by atoms with Gasteiger partial charge in [-0.25, -0.2) is 4.68 Å². The highest BCUT2D eigenvalue weighted by Gasteiger charge is 2.06. The summed E-state index contributed by atoms with van der Waals surface area (Å²) in [7, 11) is 0. The van der Waals surface area contributed by atoms with Crippen LogP contribution in [0.15, 0.2) is 18.2 Å². The Hall–Kier alpha value is -1.89. The summed E-state index contributed by atoms with van der Waals surface area (Å²) in [5.41, 5.74) is 2.42. The van der Waals surface area contributed by atoms with E-state index in [-0.39, 0.29) is 0 Å². The zero-order chi connectivity index (χ0) is 10.8. The first-order valence-electron chi connectivity index (χ1n) is 4.94. The van der Waals surface area contributed by atoms with Crippen LogP contribution in [-0.4, -0.2) is 15.0 Å². The topological polar surface area (TPSA) is 54.5 Å². The standard InChI is InChI=1S/C11H12N4/c1-8(2)7-15-11-5-9(6-12)3-4-10(11)13-14-15/h3-5,8H,7H2,1-2H3. The third kappa shape index (κ3) is 1.82. The van der Waals surface area contributed by atoms with Gasteiger partial charge in [0, 0.05) is 6.54 Å². The van der Waals surface area contributed by atoms with E-state index in [1.54, 1.807) is 6.07 Å². The van der Waals surface area contributed by atoms with Crippen molar-refractivity contribution < 1.29 is 0 Å². The molecule has 0 atom stereocenters. The van der Waals surface area contributed by atoms with Crippen LogP contribution >= 0.6 is 0 Å². The van der Waals surface area contributed by atoms with Crippen molar-refractivity contribution in [2.45, 2.75) is 20.4 Å². The van der Waals surface area contributed by atoms with Gasteiger partial charge < -0.3 is 0 Å². The molecule has 2 aromatic rings. The molecule has 0 fully saturated rings. The summed E-state index contributed by atoms with van der Waals surface area (Å²) in [6.07, 6.45) is 0. The SMILES string of the molecule is CC(C)Cn1nnc2ccc(C#N)cc21. The maximum absolute atomic E-state index is 8.81. The van der Waals surface area contributed by atoms with E-state index in [2.05, 4.69) is 30.2 Å². The summed E-state index contributed by atoms with van der Waals surface area (Å²) >= 11 is 0. The summed E-state index contributed by atoms with van der Waals surface area (Å²) in [5.74, 6) is 0.514. The molecule has 0 saturated carbocycles. The number of hydrogen-bond acceptors (Lipinski definition) is 3. The first-order valence-corrected chi connectivity index (χ1v) is 4.94. The molecule has 1 aromatic heterocycles. The third-order valence-electron chi connectivity index (χ3n) is 2.18. The molecule has 4 nitrogen and oxygen atoms in total. The number of aromatic nitrogens is 3. The number of rotatable bonds is 2. The molecule has 2 rings (SSSR count). The van der Waals surface area contributed by atoms with Crippen molar-refractivity contribution in [2.24, 2.45) is 5.92 Å². The second kappa shape index (κ2) is 3.70. The Balaban J connectivity index is 2.52. The van der Waals surface area contributed by atoms with Crippen molar-refractivity contribution in [1.29, 1.82) is 5.26 Å². The summed E-state index contributed by atoms with van der Waals surface area (Å²) in [4.78, 5) is 0. The summed E-state index contributed by atoms with van der Waals surface area (Å²) < 4.78 is 1.85. The minimum absolute atomic E-state index is 0.514. The molecule has 0 radical (unpaired) electrons. The Bertz CT molecular complexity index is 519. The molecule has 1 heterocycles. The van der Waals surface area contributed by atoms with Crippen molar-refractivity contribution in [3.8, 4) is 6.07 Å². The Morgan fingerprint density at radius 3 is 2.93 bits per heavy atom. The third-order valence-corrected chi connectivity index (χ3v) is 2.18. The van der Waals surface area contributed by atoms with E-state index in [0.29, 0.717) is 11.5 Å². The first kappa shape index (κ1) is 9.66. The average molecular weight is 200 g/mol. The zero-order valence-electron chi connectivity index (χ0n) is 8.81. The number of nitrogens with zero attached hydrogens (tertiary/aromatic N) is 4. The second-order valence-electron chi connectivity index (χ2n) is 3.98. The van der Waals surface area contributed by atoms with Crippen LogP contribution in [0.3, 0.4) is 0 Å². The molecule has 0 spiro atoms. The van der Waals surface area contributed by atoms with Crippen LogP contribution in [0.25, 0.3) is 11.0 Å². The predicted octanol–water partition coefficient (Wildman–Crippen LogP) is 1.96. The fraction of sp³-hybridized carbons (Fsp3) is 0.364. The van der Waals surface area contributed by atoms with Crippen LogP contribution < -0.4 is 0 Å². The van der Waals surface area contributed by atoms with Gasteiger partial charge in [-0.3, -0.25) is 0 Å². The predicted molar refractivity (Wildman–Crippen MR) is 57.1 cm³/mol. The van der Waals surface area contributed by atoms with Gasteiger partial charge in [0.15, 0.2) is 0 Å². The second-order valence-corrected chi connectivity index (χ2v) is 3.98. The highest BCUT2D eigenvalue weighted by Crippen LogP contribution is 2.14. The van der Waals surface area contributed by atoms with Gasteiger partial charge in [-0.15, -0.1) is 5.10 Å². The highest BCUT2D eigenvalue weighted by molar-refractivity contribution is 5.75. The molecular formula is C11H12N4. The molecule has 0 N–H and O–H groups in total. The normalized spacial score (nSPS) is 10.8. The summed E-state index contributed by atoms with van der Waals surface area (Å²) in [5, 5.41) is 16.9. The quantitative estimate of drug-likeness (QED) is 0.744. The van der Waals surface area contributed by atoms with Gasteiger partial charge in [0.1, 0.15) is 5.52 Å². The summed E-state index contributed by atoms with van der Waals surface area (Å²) in [6.45, 7) is 5.08. The Morgan fingerprint density at radius 1 is 1.47 bits per heavy atom. The van der Waals surface area contributed by atoms with Crippen LogP contribution in [0.5, 0.6) is 0 Å². The lowest BCUT2D eigenvalue weighted by Crippen LogP contribution is -2.05. The summed E-state index contributed by atoms with van der Waals surface area (Å²) in [6, 6.07) is 7.54. The monoisotopic (exact) mass is 200 g/mol. The lowest BCUT2D eigenvalue weighted by Gasteiger charge is -2.04. The van der Waals surface area contributed by atoms with Crippen LogP contribution in [0, 0.1) is 17.2 Å². The Morgan fingerprint density at radius 2 is 2.27 bits per heavy atom. The van der Waals surface area contributed by atoms with E-state index in [1.807, 2.05) is 16.8 Å². The number of fused-ring (bicyclic) bond motifs is 1. The molecule has 0 bridgehead atoms. The van der Waals surface area contributed by atoms with Crippen molar-refractivity contribution in [3.63, 3.8) is 0 Å². The van der Waals surface area contributed by atoms with E-state index in [1.165, 1.54) is 0 Å². The van der Waals surface area contributed by atoms with Crippen LogP contribution in [0.1, 0.15) is 19.4 Å². The van der Waals surface area contributed by atoms with E-state index >= 15 is 0 Å². The minimum atomic E-state index is 0.514. The smallest absolute Gasteiger partial charge is 0.113 e. The Kier molecular flexibility index (Phi) is 2.38. The molecule has 0 aliphatic carbocycles. The lowest BCUT2D eigenvalue weighted by molar-refractivity contribution is 0.483. The fourth-order valence-corrected chi connectivity index (χ4v) is 1.52. The maximum Gasteiger partial charge on any atom is 0.113 e. The van der Waals surface area contributed by atoms with Crippen LogP contribution in [0.2, 0.25) is 0 Å². The fourth-order valence-electron chi connectivity index (χ4n) is 1.52. The first-order chi connectivity index (χ1) is 7.20. The van der Waals surface area contributed by atoms with Gasteiger partial charge in [0.05, 0.1) is 17.1 Å². The molecule has 0 aliphatic rings. The molecule has 0 unspecified atom stereocenters. The van der Waals surface area contributed by atoms with Gasteiger partial charge in [-0.2, -0.15) is 5.26 Å². The van der Waals surface area contributed by atoms with Gasteiger partial charge >= 0.3 is 0 Å². The van der Waals surface area contributed by atoms with Crippen molar-refractivity contribution in [1.82, 2.24) is 15.0 Å². The van der Waals surface area contributed by atoms with Crippen LogP contribution in [-0.2, 0) is 6.54 Å². The van der Waals surface area contributed by atoms with E-state index in [4.69, 9.17) is 5.26 Å². The van der Waals surface area contributed by atoms with Crippen molar-refractivity contribution in [3.05, 3.63) is 23.8 Å². The Labute approximate surface area is 88.1 Å². The van der Waals surface area contributed by atoms with Crippen LogP contribution in [0.4, 0.5) is 0 Å². The van der Waals surface area contributed by atoms with Gasteiger partial charge in [-0.05, 0) is 24.1 Å². The number of hydrogen-bond donors (Lipinski definition) is 0. The number of benzene rings is 1. The van der Waals surface area contributed by atoms with Crippen molar-refractivity contribution >= 4 is 11.0 Å². The van der Waals surface area contributed by atoms with Crippen molar-refractivity contribution in [2.75, 3.05) is 0 Å². The molecule has 0 amide bonds. The molecular weight excluding hydrogens is 188 g/mol. The van der Waals surface area contributed by atoms with E-state index < -0.39 is 0 Å². The maximum atomic E-state index is 8.81. The highest BCUT2D eigenvalue weighted by atomic mass is 15.4. The molecule has 0 saturated heterocycles.